The molecule has 35 heavy (non-hydrogen) atoms. The Balaban J connectivity index is 1.47. The van der Waals surface area contributed by atoms with E-state index in [4.69, 9.17) is 4.74 Å². The summed E-state index contributed by atoms with van der Waals surface area (Å²) in [5, 5.41) is 14.7. The van der Waals surface area contributed by atoms with Crippen molar-refractivity contribution in [3.05, 3.63) is 63.9 Å². The summed E-state index contributed by atoms with van der Waals surface area (Å²) >= 11 is 4.73. The Hall–Kier alpha value is -2.85. The Morgan fingerprint density at radius 3 is 2.51 bits per heavy atom. The molecule has 3 rings (SSSR count). The van der Waals surface area contributed by atoms with Crippen molar-refractivity contribution in [3.63, 3.8) is 0 Å². The maximum Gasteiger partial charge on any atom is 0.258 e. The van der Waals surface area contributed by atoms with Crippen LogP contribution in [-0.4, -0.2) is 38.9 Å². The average Bonchev–Trinajstić information content (AvgIpc) is 3.24. The molecule has 0 aliphatic heterocycles. The molecular formula is C25H30BrN5O3S. The van der Waals surface area contributed by atoms with Crippen molar-refractivity contribution in [1.82, 2.24) is 20.1 Å². The molecule has 3 aromatic rings. The number of carbonyl (C=O) groups excluding carboxylic acids is 2. The van der Waals surface area contributed by atoms with Crippen LogP contribution in [-0.2, 0) is 22.7 Å². The largest absolute Gasteiger partial charge is 0.484 e. The monoisotopic (exact) mass is 559 g/mol. The van der Waals surface area contributed by atoms with Gasteiger partial charge in [0.05, 0.1) is 12.3 Å². The molecule has 0 atom stereocenters. The van der Waals surface area contributed by atoms with E-state index >= 15 is 0 Å². The molecule has 0 aliphatic carbocycles. The fourth-order valence-electron chi connectivity index (χ4n) is 3.28. The standard InChI is InChI=1S/C25H30BrN5O3S/c1-5-31-22(13-27-23(32)14-34-20-9-6-18(7-10-20)16(2)3)29-30-25(31)35-15-24(33)28-21-11-8-19(26)12-17(21)4/h6-12,16H,5,13-15H2,1-4H3,(H,27,32)(H,28,33). The Kier molecular flexibility index (Phi) is 9.73. The summed E-state index contributed by atoms with van der Waals surface area (Å²) in [5.74, 6) is 1.53. The molecule has 1 heterocycles. The van der Waals surface area contributed by atoms with Crippen LogP contribution < -0.4 is 15.4 Å². The highest BCUT2D eigenvalue weighted by molar-refractivity contribution is 9.10. The van der Waals surface area contributed by atoms with Crippen LogP contribution in [0.3, 0.4) is 0 Å². The molecule has 2 N–H and O–H groups in total. The van der Waals surface area contributed by atoms with E-state index in [0.29, 0.717) is 29.2 Å². The highest BCUT2D eigenvalue weighted by Crippen LogP contribution is 2.22. The van der Waals surface area contributed by atoms with Crippen LogP contribution in [0.2, 0.25) is 0 Å². The zero-order chi connectivity index (χ0) is 25.4. The van der Waals surface area contributed by atoms with E-state index in [2.05, 4.69) is 50.6 Å². The minimum atomic E-state index is -0.248. The number of thioether (sulfide) groups is 1. The smallest absolute Gasteiger partial charge is 0.258 e. The van der Waals surface area contributed by atoms with Crippen molar-refractivity contribution in [2.75, 3.05) is 17.7 Å². The van der Waals surface area contributed by atoms with Gasteiger partial charge in [0.1, 0.15) is 5.75 Å². The normalized spacial score (nSPS) is 10.9. The number of hydrogen-bond donors (Lipinski definition) is 2. The van der Waals surface area contributed by atoms with Crippen LogP contribution in [0.5, 0.6) is 5.75 Å². The maximum atomic E-state index is 12.4. The molecule has 0 saturated heterocycles. The Bertz CT molecular complexity index is 1160. The zero-order valence-corrected chi connectivity index (χ0v) is 22.7. The van der Waals surface area contributed by atoms with Gasteiger partial charge in [-0.05, 0) is 61.2 Å². The summed E-state index contributed by atoms with van der Waals surface area (Å²) in [6, 6.07) is 13.4. The van der Waals surface area contributed by atoms with Crippen molar-refractivity contribution in [2.45, 2.75) is 51.9 Å². The SMILES string of the molecule is CCn1c(CNC(=O)COc2ccc(C(C)C)cc2)nnc1SCC(=O)Nc1ccc(Br)cc1C. The van der Waals surface area contributed by atoms with Crippen LogP contribution in [0.4, 0.5) is 5.69 Å². The lowest BCUT2D eigenvalue weighted by molar-refractivity contribution is -0.123. The number of nitrogens with one attached hydrogen (secondary N) is 2. The predicted octanol–water partition coefficient (Wildman–Crippen LogP) is 4.92. The van der Waals surface area contributed by atoms with Gasteiger partial charge in [0.2, 0.25) is 5.91 Å². The number of halogens is 1. The summed E-state index contributed by atoms with van der Waals surface area (Å²) in [7, 11) is 0. The quantitative estimate of drug-likeness (QED) is 0.323. The van der Waals surface area contributed by atoms with Gasteiger partial charge >= 0.3 is 0 Å². The first-order valence-electron chi connectivity index (χ1n) is 11.4. The second-order valence-corrected chi connectivity index (χ2v) is 10.1. The first kappa shape index (κ1) is 26.7. The number of nitrogens with zero attached hydrogens (tertiary/aromatic N) is 3. The molecular weight excluding hydrogens is 530 g/mol. The number of benzene rings is 2. The van der Waals surface area contributed by atoms with Crippen molar-refractivity contribution in [3.8, 4) is 5.75 Å². The van der Waals surface area contributed by atoms with Crippen molar-refractivity contribution >= 4 is 45.2 Å². The molecule has 0 saturated carbocycles. The van der Waals surface area contributed by atoms with Crippen LogP contribution in [0, 0.1) is 6.92 Å². The van der Waals surface area contributed by atoms with Gasteiger partial charge in [-0.2, -0.15) is 0 Å². The van der Waals surface area contributed by atoms with E-state index < -0.39 is 0 Å². The number of carbonyl (C=O) groups is 2. The second kappa shape index (κ2) is 12.7. The average molecular weight is 561 g/mol. The van der Waals surface area contributed by atoms with Gasteiger partial charge in [-0.3, -0.25) is 9.59 Å². The molecule has 0 bridgehead atoms. The van der Waals surface area contributed by atoms with E-state index in [9.17, 15) is 9.59 Å². The van der Waals surface area contributed by atoms with Gasteiger partial charge in [0.15, 0.2) is 17.6 Å². The maximum absolute atomic E-state index is 12.4. The number of aromatic nitrogens is 3. The third kappa shape index (κ3) is 7.83. The summed E-state index contributed by atoms with van der Waals surface area (Å²) in [6.45, 7) is 8.92. The summed E-state index contributed by atoms with van der Waals surface area (Å²) in [5.41, 5.74) is 2.97. The molecule has 2 amide bonds. The number of rotatable bonds is 11. The van der Waals surface area contributed by atoms with E-state index in [1.807, 2.05) is 60.9 Å². The Morgan fingerprint density at radius 2 is 1.86 bits per heavy atom. The first-order valence-corrected chi connectivity index (χ1v) is 13.1. The summed E-state index contributed by atoms with van der Waals surface area (Å²) < 4.78 is 8.42. The van der Waals surface area contributed by atoms with Crippen LogP contribution in [0.25, 0.3) is 0 Å². The van der Waals surface area contributed by atoms with Crippen molar-refractivity contribution in [2.24, 2.45) is 0 Å². The molecule has 10 heteroatoms. The number of anilines is 1. The Morgan fingerprint density at radius 1 is 1.11 bits per heavy atom. The van der Waals surface area contributed by atoms with E-state index in [1.165, 1.54) is 17.3 Å². The van der Waals surface area contributed by atoms with Crippen molar-refractivity contribution in [1.29, 1.82) is 0 Å². The minimum absolute atomic E-state index is 0.0848. The van der Waals surface area contributed by atoms with Gasteiger partial charge in [-0.1, -0.05) is 53.7 Å². The molecule has 2 aromatic carbocycles. The lowest BCUT2D eigenvalue weighted by Crippen LogP contribution is -2.29. The van der Waals surface area contributed by atoms with Gasteiger partial charge in [-0.25, -0.2) is 0 Å². The number of hydrogen-bond acceptors (Lipinski definition) is 6. The number of aryl methyl sites for hydroxylation is 1. The topological polar surface area (TPSA) is 98.1 Å². The molecule has 0 spiro atoms. The minimum Gasteiger partial charge on any atom is -0.484 e. The number of ether oxygens (including phenoxy) is 1. The number of amides is 2. The van der Waals surface area contributed by atoms with Crippen LogP contribution in [0.15, 0.2) is 52.1 Å². The van der Waals surface area contributed by atoms with E-state index in [-0.39, 0.29) is 30.7 Å². The fraction of sp³-hybridized carbons (Fsp3) is 0.360. The van der Waals surface area contributed by atoms with Gasteiger partial charge in [0.25, 0.3) is 5.91 Å². The molecule has 0 aliphatic rings. The van der Waals surface area contributed by atoms with Crippen molar-refractivity contribution < 1.29 is 14.3 Å². The molecule has 186 valence electrons. The summed E-state index contributed by atoms with van der Waals surface area (Å²) in [6.07, 6.45) is 0. The third-order valence-corrected chi connectivity index (χ3v) is 6.72. The van der Waals surface area contributed by atoms with Gasteiger partial charge in [-0.15, -0.1) is 10.2 Å². The van der Waals surface area contributed by atoms with Gasteiger partial charge in [0, 0.05) is 16.7 Å². The molecule has 0 unspecified atom stereocenters. The summed E-state index contributed by atoms with van der Waals surface area (Å²) in [4.78, 5) is 24.7. The van der Waals surface area contributed by atoms with Crippen LogP contribution in [0.1, 0.15) is 43.6 Å². The molecule has 1 aromatic heterocycles. The van der Waals surface area contributed by atoms with Gasteiger partial charge < -0.3 is 19.9 Å². The van der Waals surface area contributed by atoms with Crippen LogP contribution >= 0.6 is 27.7 Å². The zero-order valence-electron chi connectivity index (χ0n) is 20.3. The lowest BCUT2D eigenvalue weighted by atomic mass is 10.0. The lowest BCUT2D eigenvalue weighted by Gasteiger charge is -2.11. The molecule has 8 nitrogen and oxygen atoms in total. The first-order chi connectivity index (χ1) is 16.8. The molecule has 0 radical (unpaired) electrons. The predicted molar refractivity (Wildman–Crippen MR) is 142 cm³/mol. The second-order valence-electron chi connectivity index (χ2n) is 8.23. The fourth-order valence-corrected chi connectivity index (χ4v) is 4.58. The van der Waals surface area contributed by atoms with E-state index in [1.54, 1.807) is 0 Å². The highest BCUT2D eigenvalue weighted by Gasteiger charge is 2.15. The van der Waals surface area contributed by atoms with E-state index in [0.717, 1.165) is 15.7 Å². The highest BCUT2D eigenvalue weighted by atomic mass is 79.9. The third-order valence-electron chi connectivity index (χ3n) is 5.26. The Labute approximate surface area is 218 Å². The molecule has 0 fully saturated rings.